The third kappa shape index (κ3) is 2.60. The molecule has 0 bridgehead atoms. The van der Waals surface area contributed by atoms with Gasteiger partial charge in [-0.1, -0.05) is 30.3 Å². The molecular weight excluding hydrogens is 216 g/mol. The molecule has 0 fully saturated rings. The summed E-state index contributed by atoms with van der Waals surface area (Å²) in [5.74, 6) is 0. The monoisotopic (exact) mass is 228 g/mol. The lowest BCUT2D eigenvalue weighted by Gasteiger charge is -2.04. The van der Waals surface area contributed by atoms with Crippen LogP contribution in [0.25, 0.3) is 0 Å². The van der Waals surface area contributed by atoms with Crippen LogP contribution >= 0.6 is 0 Å². The van der Waals surface area contributed by atoms with Crippen molar-refractivity contribution in [3.8, 4) is 0 Å². The summed E-state index contributed by atoms with van der Waals surface area (Å²) in [5, 5.41) is 10.5. The fraction of sp³-hybridized carbons (Fsp3) is 0.0769. The highest BCUT2D eigenvalue weighted by Crippen LogP contribution is 2.18. The van der Waals surface area contributed by atoms with Gasteiger partial charge >= 0.3 is 0 Å². The molecule has 2 aromatic carbocycles. The molecule has 2 aromatic rings. The summed E-state index contributed by atoms with van der Waals surface area (Å²) in [6, 6.07) is 14.1. The molecule has 0 saturated heterocycles. The van der Waals surface area contributed by atoms with Crippen molar-refractivity contribution in [3.05, 3.63) is 69.8 Å². The average Bonchev–Trinajstić information content (AvgIpc) is 2.33. The zero-order valence-electron chi connectivity index (χ0n) is 9.17. The molecule has 0 aliphatic heterocycles. The summed E-state index contributed by atoms with van der Waals surface area (Å²) in [6.07, 6.45) is 0.685. The Morgan fingerprint density at radius 2 is 1.71 bits per heavy atom. The highest BCUT2D eigenvalue weighted by atomic mass is 16.6. The van der Waals surface area contributed by atoms with Crippen molar-refractivity contribution in [3.63, 3.8) is 0 Å². The zero-order chi connectivity index (χ0) is 12.3. The van der Waals surface area contributed by atoms with E-state index < -0.39 is 4.92 Å². The summed E-state index contributed by atoms with van der Waals surface area (Å²) in [4.78, 5) is 10.1. The van der Waals surface area contributed by atoms with Gasteiger partial charge in [0.25, 0.3) is 5.69 Å². The normalized spacial score (nSPS) is 10.1. The SMILES string of the molecule is Nc1ccccc1Cc1ccc([N+](=O)[O-])cc1. The van der Waals surface area contributed by atoms with Gasteiger partial charge in [0.15, 0.2) is 0 Å². The first-order valence-corrected chi connectivity index (χ1v) is 5.23. The minimum atomic E-state index is -0.402. The standard InChI is InChI=1S/C13H12N2O2/c14-13-4-2-1-3-11(13)9-10-5-7-12(8-6-10)15(16)17/h1-8H,9,14H2. The van der Waals surface area contributed by atoms with E-state index in [0.717, 1.165) is 16.8 Å². The highest BCUT2D eigenvalue weighted by molar-refractivity contribution is 5.49. The van der Waals surface area contributed by atoms with Gasteiger partial charge in [0.2, 0.25) is 0 Å². The molecule has 17 heavy (non-hydrogen) atoms. The van der Waals surface area contributed by atoms with Gasteiger partial charge in [-0.15, -0.1) is 0 Å². The van der Waals surface area contributed by atoms with Gasteiger partial charge in [0.05, 0.1) is 4.92 Å². The molecule has 0 aromatic heterocycles. The van der Waals surface area contributed by atoms with E-state index in [1.165, 1.54) is 12.1 Å². The van der Waals surface area contributed by atoms with Crippen molar-refractivity contribution in [2.24, 2.45) is 0 Å². The molecule has 4 heteroatoms. The summed E-state index contributed by atoms with van der Waals surface area (Å²) < 4.78 is 0. The lowest BCUT2D eigenvalue weighted by molar-refractivity contribution is -0.384. The maximum absolute atomic E-state index is 10.5. The van der Waals surface area contributed by atoms with E-state index in [0.29, 0.717) is 6.42 Å². The number of nitrogens with zero attached hydrogens (tertiary/aromatic N) is 1. The maximum atomic E-state index is 10.5. The number of nitrogen functional groups attached to an aromatic ring is 1. The molecule has 0 aliphatic rings. The van der Waals surface area contributed by atoms with E-state index in [1.807, 2.05) is 24.3 Å². The zero-order valence-corrected chi connectivity index (χ0v) is 9.17. The molecule has 0 radical (unpaired) electrons. The van der Waals surface area contributed by atoms with Crippen LogP contribution in [0.1, 0.15) is 11.1 Å². The van der Waals surface area contributed by atoms with E-state index in [4.69, 9.17) is 5.73 Å². The quantitative estimate of drug-likeness (QED) is 0.499. The summed E-state index contributed by atoms with van der Waals surface area (Å²) in [5.41, 5.74) is 8.72. The maximum Gasteiger partial charge on any atom is 0.269 e. The van der Waals surface area contributed by atoms with Crippen molar-refractivity contribution in [2.75, 3.05) is 5.73 Å². The number of nitro benzene ring substituents is 1. The molecule has 0 aliphatic carbocycles. The number of para-hydroxylation sites is 1. The van der Waals surface area contributed by atoms with Gasteiger partial charge in [-0.05, 0) is 23.6 Å². The number of hydrogen-bond acceptors (Lipinski definition) is 3. The van der Waals surface area contributed by atoms with Crippen molar-refractivity contribution >= 4 is 11.4 Å². The number of nitro groups is 1. The van der Waals surface area contributed by atoms with Crippen molar-refractivity contribution < 1.29 is 4.92 Å². The molecule has 86 valence electrons. The van der Waals surface area contributed by atoms with Gasteiger partial charge in [0, 0.05) is 17.8 Å². The first-order valence-electron chi connectivity index (χ1n) is 5.23. The Balaban J connectivity index is 2.20. The van der Waals surface area contributed by atoms with Crippen LogP contribution in [0.4, 0.5) is 11.4 Å². The average molecular weight is 228 g/mol. The molecule has 0 atom stereocenters. The van der Waals surface area contributed by atoms with Crippen LogP contribution in [-0.2, 0) is 6.42 Å². The van der Waals surface area contributed by atoms with Gasteiger partial charge < -0.3 is 5.73 Å². The largest absolute Gasteiger partial charge is 0.398 e. The third-order valence-electron chi connectivity index (χ3n) is 2.60. The molecule has 0 spiro atoms. The molecular formula is C13H12N2O2. The first kappa shape index (κ1) is 11.1. The molecule has 2 rings (SSSR count). The second kappa shape index (κ2) is 4.65. The topological polar surface area (TPSA) is 69.2 Å². The second-order valence-electron chi connectivity index (χ2n) is 3.80. The van der Waals surface area contributed by atoms with Crippen LogP contribution in [0, 0.1) is 10.1 Å². The number of benzene rings is 2. The van der Waals surface area contributed by atoms with Crippen LogP contribution in [0.2, 0.25) is 0 Å². The Kier molecular flexibility index (Phi) is 3.05. The Hall–Kier alpha value is -2.36. The van der Waals surface area contributed by atoms with E-state index in [9.17, 15) is 10.1 Å². The minimum Gasteiger partial charge on any atom is -0.398 e. The Labute approximate surface area is 98.8 Å². The first-order chi connectivity index (χ1) is 8.16. The minimum absolute atomic E-state index is 0.106. The van der Waals surface area contributed by atoms with Gasteiger partial charge in [-0.25, -0.2) is 0 Å². The molecule has 0 saturated carbocycles. The van der Waals surface area contributed by atoms with Crippen LogP contribution in [0.5, 0.6) is 0 Å². The Morgan fingerprint density at radius 3 is 2.29 bits per heavy atom. The lowest BCUT2D eigenvalue weighted by atomic mass is 10.0. The fourth-order valence-electron chi connectivity index (χ4n) is 1.65. The van der Waals surface area contributed by atoms with Crippen LogP contribution < -0.4 is 5.73 Å². The van der Waals surface area contributed by atoms with E-state index >= 15 is 0 Å². The number of anilines is 1. The van der Waals surface area contributed by atoms with E-state index in [-0.39, 0.29) is 5.69 Å². The predicted octanol–water partition coefficient (Wildman–Crippen LogP) is 2.77. The number of rotatable bonds is 3. The van der Waals surface area contributed by atoms with Crippen LogP contribution in [0.15, 0.2) is 48.5 Å². The molecule has 4 nitrogen and oxygen atoms in total. The van der Waals surface area contributed by atoms with E-state index in [1.54, 1.807) is 12.1 Å². The number of non-ortho nitro benzene ring substituents is 1. The second-order valence-corrected chi connectivity index (χ2v) is 3.80. The highest BCUT2D eigenvalue weighted by Gasteiger charge is 2.05. The van der Waals surface area contributed by atoms with Gasteiger partial charge in [0.1, 0.15) is 0 Å². The summed E-state index contributed by atoms with van der Waals surface area (Å²) in [7, 11) is 0. The van der Waals surface area contributed by atoms with Crippen molar-refractivity contribution in [1.82, 2.24) is 0 Å². The molecule has 0 unspecified atom stereocenters. The Morgan fingerprint density at radius 1 is 1.06 bits per heavy atom. The number of nitrogens with two attached hydrogens (primary N) is 1. The van der Waals surface area contributed by atoms with Gasteiger partial charge in [-0.2, -0.15) is 0 Å². The van der Waals surface area contributed by atoms with Crippen LogP contribution in [-0.4, -0.2) is 4.92 Å². The Bertz CT molecular complexity index is 535. The lowest BCUT2D eigenvalue weighted by Crippen LogP contribution is -1.95. The van der Waals surface area contributed by atoms with Crippen LogP contribution in [0.3, 0.4) is 0 Å². The molecule has 0 amide bonds. The summed E-state index contributed by atoms with van der Waals surface area (Å²) in [6.45, 7) is 0. The molecule has 0 heterocycles. The number of hydrogen-bond donors (Lipinski definition) is 1. The fourth-order valence-corrected chi connectivity index (χ4v) is 1.65. The van der Waals surface area contributed by atoms with Crippen molar-refractivity contribution in [1.29, 1.82) is 0 Å². The smallest absolute Gasteiger partial charge is 0.269 e. The van der Waals surface area contributed by atoms with E-state index in [2.05, 4.69) is 0 Å². The van der Waals surface area contributed by atoms with Gasteiger partial charge in [-0.3, -0.25) is 10.1 Å². The summed E-state index contributed by atoms with van der Waals surface area (Å²) >= 11 is 0. The van der Waals surface area contributed by atoms with Crippen molar-refractivity contribution in [2.45, 2.75) is 6.42 Å². The third-order valence-corrected chi connectivity index (χ3v) is 2.60. The molecule has 2 N–H and O–H groups in total. The predicted molar refractivity (Wildman–Crippen MR) is 66.8 cm³/mol.